The van der Waals surface area contributed by atoms with E-state index < -0.39 is 5.97 Å². The highest BCUT2D eigenvalue weighted by Gasteiger charge is 2.11. The standard InChI is InChI=1S/C16H14BrClO3/c1-10-7-12(17)8-11(2)16(10)20-9-15(19)21-14-6-4-3-5-13(14)18/h3-8H,9H2,1-2H3. The van der Waals surface area contributed by atoms with Gasteiger partial charge in [-0.05, 0) is 49.2 Å². The fraction of sp³-hybridized carbons (Fsp3) is 0.188. The Morgan fingerprint density at radius 3 is 2.43 bits per heavy atom. The molecule has 110 valence electrons. The highest BCUT2D eigenvalue weighted by Crippen LogP contribution is 2.27. The zero-order chi connectivity index (χ0) is 15.4. The third-order valence-corrected chi connectivity index (χ3v) is 3.59. The molecule has 2 aromatic carbocycles. The summed E-state index contributed by atoms with van der Waals surface area (Å²) in [5.74, 6) is 0.524. The molecule has 0 aliphatic rings. The lowest BCUT2D eigenvalue weighted by molar-refractivity contribution is -0.136. The van der Waals surface area contributed by atoms with Crippen LogP contribution in [0.4, 0.5) is 0 Å². The molecule has 0 unspecified atom stereocenters. The summed E-state index contributed by atoms with van der Waals surface area (Å²) in [4.78, 5) is 11.8. The molecule has 0 aliphatic carbocycles. The Bertz CT molecular complexity index is 647. The number of esters is 1. The molecule has 0 amide bonds. The Morgan fingerprint density at radius 2 is 1.81 bits per heavy atom. The maximum Gasteiger partial charge on any atom is 0.349 e. The van der Waals surface area contributed by atoms with Crippen molar-refractivity contribution in [1.82, 2.24) is 0 Å². The van der Waals surface area contributed by atoms with Crippen molar-refractivity contribution in [3.63, 3.8) is 0 Å². The number of hydrogen-bond donors (Lipinski definition) is 0. The molecule has 2 aromatic rings. The third kappa shape index (κ3) is 4.22. The van der Waals surface area contributed by atoms with E-state index in [1.165, 1.54) is 0 Å². The number of hydrogen-bond acceptors (Lipinski definition) is 3. The first-order valence-electron chi connectivity index (χ1n) is 6.32. The highest BCUT2D eigenvalue weighted by molar-refractivity contribution is 9.10. The Morgan fingerprint density at radius 1 is 1.19 bits per heavy atom. The molecule has 0 aromatic heterocycles. The Labute approximate surface area is 137 Å². The largest absolute Gasteiger partial charge is 0.481 e. The zero-order valence-corrected chi connectivity index (χ0v) is 14.0. The lowest BCUT2D eigenvalue weighted by Crippen LogP contribution is -2.18. The van der Waals surface area contributed by atoms with Crippen molar-refractivity contribution in [3.05, 3.63) is 57.0 Å². The first-order chi connectivity index (χ1) is 9.97. The molecule has 0 heterocycles. The minimum absolute atomic E-state index is 0.172. The summed E-state index contributed by atoms with van der Waals surface area (Å²) >= 11 is 9.35. The van der Waals surface area contributed by atoms with Gasteiger partial charge in [0, 0.05) is 4.47 Å². The minimum atomic E-state index is -0.496. The lowest BCUT2D eigenvalue weighted by atomic mass is 10.1. The number of carbonyl (C=O) groups is 1. The van der Waals surface area contributed by atoms with Crippen LogP contribution in [-0.4, -0.2) is 12.6 Å². The Hall–Kier alpha value is -1.52. The van der Waals surface area contributed by atoms with Gasteiger partial charge in [0.05, 0.1) is 5.02 Å². The molecule has 21 heavy (non-hydrogen) atoms. The summed E-state index contributed by atoms with van der Waals surface area (Å²) in [6, 6.07) is 10.7. The van der Waals surface area contributed by atoms with E-state index in [1.54, 1.807) is 24.3 Å². The van der Waals surface area contributed by atoms with Gasteiger partial charge in [-0.2, -0.15) is 0 Å². The number of aryl methyl sites for hydroxylation is 2. The van der Waals surface area contributed by atoms with Gasteiger partial charge in [-0.3, -0.25) is 0 Å². The van der Waals surface area contributed by atoms with Crippen molar-refractivity contribution in [1.29, 1.82) is 0 Å². The van der Waals surface area contributed by atoms with Crippen LogP contribution in [0.1, 0.15) is 11.1 Å². The van der Waals surface area contributed by atoms with Crippen LogP contribution in [0, 0.1) is 13.8 Å². The fourth-order valence-corrected chi connectivity index (χ4v) is 2.80. The van der Waals surface area contributed by atoms with E-state index in [1.807, 2.05) is 26.0 Å². The molecule has 0 spiro atoms. The third-order valence-electron chi connectivity index (χ3n) is 2.82. The Balaban J connectivity index is 2.01. The number of carbonyl (C=O) groups excluding carboxylic acids is 1. The molecule has 2 rings (SSSR count). The molecule has 5 heteroatoms. The van der Waals surface area contributed by atoms with E-state index >= 15 is 0 Å². The predicted octanol–water partition coefficient (Wildman–Crippen LogP) is 4.70. The molecule has 0 bridgehead atoms. The van der Waals surface area contributed by atoms with Crippen LogP contribution in [-0.2, 0) is 4.79 Å². The normalized spacial score (nSPS) is 10.3. The van der Waals surface area contributed by atoms with E-state index in [0.29, 0.717) is 16.5 Å². The Kier molecular flexibility index (Phi) is 5.26. The summed E-state index contributed by atoms with van der Waals surface area (Å²) < 4.78 is 11.7. The van der Waals surface area contributed by atoms with E-state index in [9.17, 15) is 4.79 Å². The number of halogens is 2. The average molecular weight is 370 g/mol. The molecular weight excluding hydrogens is 356 g/mol. The van der Waals surface area contributed by atoms with Crippen LogP contribution >= 0.6 is 27.5 Å². The molecular formula is C16H14BrClO3. The van der Waals surface area contributed by atoms with Crippen LogP contribution < -0.4 is 9.47 Å². The average Bonchev–Trinajstić information content (AvgIpc) is 2.40. The topological polar surface area (TPSA) is 35.5 Å². The second-order valence-electron chi connectivity index (χ2n) is 4.56. The predicted molar refractivity (Wildman–Crippen MR) is 86.2 cm³/mol. The molecule has 0 N–H and O–H groups in total. The second kappa shape index (κ2) is 6.96. The fourth-order valence-electron chi connectivity index (χ4n) is 1.94. The summed E-state index contributed by atoms with van der Waals surface area (Å²) in [6.07, 6.45) is 0. The second-order valence-corrected chi connectivity index (χ2v) is 5.88. The van der Waals surface area contributed by atoms with Gasteiger partial charge in [-0.15, -0.1) is 0 Å². The summed E-state index contributed by atoms with van der Waals surface area (Å²) in [7, 11) is 0. The first-order valence-corrected chi connectivity index (χ1v) is 7.49. The van der Waals surface area contributed by atoms with Gasteiger partial charge in [-0.1, -0.05) is 39.7 Å². The van der Waals surface area contributed by atoms with Crippen LogP contribution in [0.15, 0.2) is 40.9 Å². The van der Waals surface area contributed by atoms with E-state index in [0.717, 1.165) is 15.6 Å². The molecule has 3 nitrogen and oxygen atoms in total. The molecule has 0 atom stereocenters. The summed E-state index contributed by atoms with van der Waals surface area (Å²) in [5, 5.41) is 0.391. The van der Waals surface area contributed by atoms with Crippen molar-refractivity contribution in [2.24, 2.45) is 0 Å². The summed E-state index contributed by atoms with van der Waals surface area (Å²) in [6.45, 7) is 3.67. The van der Waals surface area contributed by atoms with Crippen molar-refractivity contribution in [3.8, 4) is 11.5 Å². The van der Waals surface area contributed by atoms with Crippen LogP contribution in [0.2, 0.25) is 5.02 Å². The monoisotopic (exact) mass is 368 g/mol. The molecule has 0 radical (unpaired) electrons. The molecule has 0 fully saturated rings. The van der Waals surface area contributed by atoms with Gasteiger partial charge in [0.25, 0.3) is 0 Å². The number of benzene rings is 2. The van der Waals surface area contributed by atoms with Gasteiger partial charge in [0.1, 0.15) is 11.5 Å². The maximum absolute atomic E-state index is 11.8. The first kappa shape index (κ1) is 15.9. The van der Waals surface area contributed by atoms with E-state index in [4.69, 9.17) is 21.1 Å². The molecule has 0 saturated heterocycles. The van der Waals surface area contributed by atoms with Crippen LogP contribution in [0.5, 0.6) is 11.5 Å². The lowest BCUT2D eigenvalue weighted by Gasteiger charge is -2.12. The van der Waals surface area contributed by atoms with E-state index in [2.05, 4.69) is 15.9 Å². The quantitative estimate of drug-likeness (QED) is 0.578. The summed E-state index contributed by atoms with van der Waals surface area (Å²) in [5.41, 5.74) is 1.90. The van der Waals surface area contributed by atoms with E-state index in [-0.39, 0.29) is 6.61 Å². The maximum atomic E-state index is 11.8. The van der Waals surface area contributed by atoms with Gasteiger partial charge < -0.3 is 9.47 Å². The van der Waals surface area contributed by atoms with Crippen molar-refractivity contribution in [2.75, 3.05) is 6.61 Å². The minimum Gasteiger partial charge on any atom is -0.481 e. The van der Waals surface area contributed by atoms with Crippen LogP contribution in [0.25, 0.3) is 0 Å². The van der Waals surface area contributed by atoms with Crippen molar-refractivity contribution < 1.29 is 14.3 Å². The smallest absolute Gasteiger partial charge is 0.349 e. The zero-order valence-electron chi connectivity index (χ0n) is 11.7. The number of para-hydroxylation sites is 1. The SMILES string of the molecule is Cc1cc(Br)cc(C)c1OCC(=O)Oc1ccccc1Cl. The van der Waals surface area contributed by atoms with Crippen LogP contribution in [0.3, 0.4) is 0 Å². The van der Waals surface area contributed by atoms with Gasteiger partial charge >= 0.3 is 5.97 Å². The highest BCUT2D eigenvalue weighted by atomic mass is 79.9. The van der Waals surface area contributed by atoms with Gasteiger partial charge in [0.15, 0.2) is 6.61 Å². The molecule has 0 aliphatic heterocycles. The van der Waals surface area contributed by atoms with Crippen molar-refractivity contribution in [2.45, 2.75) is 13.8 Å². The number of rotatable bonds is 4. The van der Waals surface area contributed by atoms with Gasteiger partial charge in [0.2, 0.25) is 0 Å². The number of ether oxygens (including phenoxy) is 2. The van der Waals surface area contributed by atoms with Crippen molar-refractivity contribution >= 4 is 33.5 Å². The van der Waals surface area contributed by atoms with Gasteiger partial charge in [-0.25, -0.2) is 4.79 Å². The molecule has 0 saturated carbocycles.